The minimum absolute atomic E-state index is 0.184. The second kappa shape index (κ2) is 9.49. The Balaban J connectivity index is 1.40. The van der Waals surface area contributed by atoms with E-state index >= 15 is 0 Å². The molecule has 0 aliphatic heterocycles. The standard InChI is InChI=1S/C27H23N5OS/c1-18-25-23(15-24(20-8-4-3-5-9-20)30-26(25)32(2)31-18)27(33)29-21-10-12-22(13-11-21)34-17-19-7-6-14-28-16-19/h3-16H,17H2,1-2H3,(H,29,33). The zero-order valence-electron chi connectivity index (χ0n) is 18.9. The number of carbonyl (C=O) groups is 1. The minimum Gasteiger partial charge on any atom is -0.322 e. The molecule has 34 heavy (non-hydrogen) atoms. The fourth-order valence-corrected chi connectivity index (χ4v) is 4.70. The van der Waals surface area contributed by atoms with E-state index in [4.69, 9.17) is 4.98 Å². The second-order valence-electron chi connectivity index (χ2n) is 7.96. The van der Waals surface area contributed by atoms with Gasteiger partial charge in [-0.05, 0) is 48.9 Å². The lowest BCUT2D eigenvalue weighted by molar-refractivity contribution is 0.102. The first-order valence-electron chi connectivity index (χ1n) is 10.9. The lowest BCUT2D eigenvalue weighted by Gasteiger charge is -2.10. The lowest BCUT2D eigenvalue weighted by atomic mass is 10.0. The molecular weight excluding hydrogens is 442 g/mol. The molecule has 0 saturated carbocycles. The maximum Gasteiger partial charge on any atom is 0.256 e. The van der Waals surface area contributed by atoms with E-state index in [0.29, 0.717) is 11.2 Å². The molecule has 2 aromatic carbocycles. The Morgan fingerprint density at radius 1 is 1.03 bits per heavy atom. The highest BCUT2D eigenvalue weighted by atomic mass is 32.2. The molecule has 168 valence electrons. The van der Waals surface area contributed by atoms with Gasteiger partial charge in [0.15, 0.2) is 5.65 Å². The zero-order valence-corrected chi connectivity index (χ0v) is 19.7. The number of anilines is 1. The highest BCUT2D eigenvalue weighted by Gasteiger charge is 2.19. The molecule has 0 spiro atoms. The van der Waals surface area contributed by atoms with Crippen LogP contribution in [0.4, 0.5) is 5.69 Å². The van der Waals surface area contributed by atoms with E-state index in [0.717, 1.165) is 38.7 Å². The number of carbonyl (C=O) groups excluding carboxylic acids is 1. The van der Waals surface area contributed by atoms with Gasteiger partial charge < -0.3 is 5.32 Å². The van der Waals surface area contributed by atoms with E-state index in [9.17, 15) is 4.79 Å². The van der Waals surface area contributed by atoms with Crippen LogP contribution in [0.1, 0.15) is 21.6 Å². The number of pyridine rings is 2. The van der Waals surface area contributed by atoms with Gasteiger partial charge in [0.05, 0.1) is 22.3 Å². The van der Waals surface area contributed by atoms with E-state index < -0.39 is 0 Å². The molecule has 3 aromatic heterocycles. The van der Waals surface area contributed by atoms with Crippen molar-refractivity contribution in [3.8, 4) is 11.3 Å². The molecule has 5 aromatic rings. The predicted octanol–water partition coefficient (Wildman–Crippen LogP) is 5.88. The molecule has 0 unspecified atom stereocenters. The number of aryl methyl sites for hydroxylation is 2. The number of benzene rings is 2. The molecule has 0 aliphatic carbocycles. The largest absolute Gasteiger partial charge is 0.322 e. The number of amides is 1. The monoisotopic (exact) mass is 465 g/mol. The summed E-state index contributed by atoms with van der Waals surface area (Å²) in [6, 6.07) is 23.6. The maximum atomic E-state index is 13.4. The van der Waals surface area contributed by atoms with Crippen LogP contribution in [0.25, 0.3) is 22.3 Å². The Morgan fingerprint density at radius 3 is 2.56 bits per heavy atom. The first kappa shape index (κ1) is 21.9. The van der Waals surface area contributed by atoms with Gasteiger partial charge in [-0.2, -0.15) is 5.10 Å². The van der Waals surface area contributed by atoms with Crippen LogP contribution in [0, 0.1) is 6.92 Å². The second-order valence-corrected chi connectivity index (χ2v) is 9.01. The number of thioether (sulfide) groups is 1. The van der Waals surface area contributed by atoms with Crippen molar-refractivity contribution in [2.75, 3.05) is 5.32 Å². The van der Waals surface area contributed by atoms with Crippen molar-refractivity contribution in [3.05, 3.63) is 102 Å². The summed E-state index contributed by atoms with van der Waals surface area (Å²) in [5.74, 6) is 0.660. The summed E-state index contributed by atoms with van der Waals surface area (Å²) in [5.41, 5.74) is 5.62. The smallest absolute Gasteiger partial charge is 0.256 e. The molecule has 7 heteroatoms. The number of rotatable bonds is 6. The summed E-state index contributed by atoms with van der Waals surface area (Å²) >= 11 is 1.73. The molecule has 0 bridgehead atoms. The highest BCUT2D eigenvalue weighted by molar-refractivity contribution is 7.98. The van der Waals surface area contributed by atoms with Gasteiger partial charge >= 0.3 is 0 Å². The van der Waals surface area contributed by atoms with E-state index in [1.807, 2.05) is 86.9 Å². The van der Waals surface area contributed by atoms with Gasteiger partial charge in [-0.25, -0.2) is 4.98 Å². The summed E-state index contributed by atoms with van der Waals surface area (Å²) < 4.78 is 1.72. The summed E-state index contributed by atoms with van der Waals surface area (Å²) in [6.45, 7) is 1.90. The lowest BCUT2D eigenvalue weighted by Crippen LogP contribution is -2.13. The predicted molar refractivity (Wildman–Crippen MR) is 137 cm³/mol. The maximum absolute atomic E-state index is 13.4. The van der Waals surface area contributed by atoms with Crippen molar-refractivity contribution < 1.29 is 4.79 Å². The number of aromatic nitrogens is 4. The van der Waals surface area contributed by atoms with Crippen LogP contribution in [0.2, 0.25) is 0 Å². The van der Waals surface area contributed by atoms with Gasteiger partial charge in [-0.15, -0.1) is 11.8 Å². The third-order valence-corrected chi connectivity index (χ3v) is 6.61. The third-order valence-electron chi connectivity index (χ3n) is 5.52. The van der Waals surface area contributed by atoms with Crippen molar-refractivity contribution >= 4 is 34.4 Å². The van der Waals surface area contributed by atoms with Crippen LogP contribution >= 0.6 is 11.8 Å². The van der Waals surface area contributed by atoms with E-state index in [1.165, 1.54) is 5.56 Å². The van der Waals surface area contributed by atoms with Crippen molar-refractivity contribution in [2.45, 2.75) is 17.6 Å². The topological polar surface area (TPSA) is 72.7 Å². The van der Waals surface area contributed by atoms with Crippen LogP contribution in [0.5, 0.6) is 0 Å². The van der Waals surface area contributed by atoms with Crippen molar-refractivity contribution in [3.63, 3.8) is 0 Å². The quantitative estimate of drug-likeness (QED) is 0.317. The first-order valence-corrected chi connectivity index (χ1v) is 11.9. The van der Waals surface area contributed by atoms with Gasteiger partial charge in [0, 0.05) is 41.3 Å². The Bertz CT molecular complexity index is 1450. The van der Waals surface area contributed by atoms with Gasteiger partial charge in [0.1, 0.15) is 0 Å². The number of nitrogens with zero attached hydrogens (tertiary/aromatic N) is 4. The molecule has 6 nitrogen and oxygen atoms in total. The van der Waals surface area contributed by atoms with Crippen LogP contribution < -0.4 is 5.32 Å². The number of hydrogen-bond acceptors (Lipinski definition) is 5. The number of hydrogen-bond donors (Lipinski definition) is 1. The molecule has 3 heterocycles. The summed E-state index contributed by atoms with van der Waals surface area (Å²) in [6.07, 6.45) is 3.65. The van der Waals surface area contributed by atoms with Crippen LogP contribution in [0.3, 0.4) is 0 Å². The Hall–Kier alpha value is -3.97. The minimum atomic E-state index is -0.184. The van der Waals surface area contributed by atoms with Crippen molar-refractivity contribution in [1.29, 1.82) is 0 Å². The Labute approximate surface area is 202 Å². The number of nitrogens with one attached hydrogen (secondary N) is 1. The molecule has 0 radical (unpaired) electrons. The highest BCUT2D eigenvalue weighted by Crippen LogP contribution is 2.28. The average molecular weight is 466 g/mol. The van der Waals surface area contributed by atoms with Crippen molar-refractivity contribution in [1.82, 2.24) is 19.7 Å². The van der Waals surface area contributed by atoms with Crippen LogP contribution in [-0.4, -0.2) is 25.7 Å². The normalized spacial score (nSPS) is 11.0. The molecular formula is C27H23N5OS. The van der Waals surface area contributed by atoms with E-state index in [2.05, 4.69) is 21.5 Å². The fourth-order valence-electron chi connectivity index (χ4n) is 3.86. The molecule has 0 atom stereocenters. The molecule has 0 fully saturated rings. The molecule has 1 amide bonds. The summed E-state index contributed by atoms with van der Waals surface area (Å²) in [4.78, 5) is 23.5. The van der Waals surface area contributed by atoms with Crippen molar-refractivity contribution in [2.24, 2.45) is 7.05 Å². The van der Waals surface area contributed by atoms with Crippen LogP contribution in [0.15, 0.2) is 90.1 Å². The first-order chi connectivity index (χ1) is 16.6. The van der Waals surface area contributed by atoms with Gasteiger partial charge in [-0.3, -0.25) is 14.5 Å². The summed E-state index contributed by atoms with van der Waals surface area (Å²) in [5, 5.41) is 8.31. The SMILES string of the molecule is Cc1nn(C)c2nc(-c3ccccc3)cc(C(=O)Nc3ccc(SCc4cccnc4)cc3)c12. The summed E-state index contributed by atoms with van der Waals surface area (Å²) in [7, 11) is 1.85. The Morgan fingerprint density at radius 2 is 1.82 bits per heavy atom. The van der Waals surface area contributed by atoms with E-state index in [-0.39, 0.29) is 5.91 Å². The van der Waals surface area contributed by atoms with Crippen LogP contribution in [-0.2, 0) is 12.8 Å². The van der Waals surface area contributed by atoms with Gasteiger partial charge in [-0.1, -0.05) is 36.4 Å². The number of fused-ring (bicyclic) bond motifs is 1. The molecule has 0 aliphatic rings. The molecule has 5 rings (SSSR count). The molecule has 1 N–H and O–H groups in total. The third kappa shape index (κ3) is 4.56. The Kier molecular flexibility index (Phi) is 6.10. The van der Waals surface area contributed by atoms with Gasteiger partial charge in [0.25, 0.3) is 5.91 Å². The zero-order chi connectivity index (χ0) is 23.5. The fraction of sp³-hybridized carbons (Fsp3) is 0.111. The van der Waals surface area contributed by atoms with Gasteiger partial charge in [0.2, 0.25) is 0 Å². The average Bonchev–Trinajstić information content (AvgIpc) is 3.17. The molecule has 0 saturated heterocycles. The van der Waals surface area contributed by atoms with E-state index in [1.54, 1.807) is 22.6 Å².